The lowest BCUT2D eigenvalue weighted by atomic mass is 10.1. The molecule has 2 aromatic rings. The standard InChI is InChI=1S/C15H17N3O/c1-9-7-11(5-6-13(9)19-2)15-17-12(10-3-4-10)8-14(16)18-15/h5-8,10H,3-4H2,1-2H3,(H2,16,17,18). The summed E-state index contributed by atoms with van der Waals surface area (Å²) in [6.45, 7) is 2.01. The van der Waals surface area contributed by atoms with Gasteiger partial charge in [0, 0.05) is 23.2 Å². The first-order valence-corrected chi connectivity index (χ1v) is 6.47. The summed E-state index contributed by atoms with van der Waals surface area (Å²) in [5.41, 5.74) is 8.99. The number of nitrogens with zero attached hydrogens (tertiary/aromatic N) is 2. The fraction of sp³-hybridized carbons (Fsp3) is 0.333. The fourth-order valence-electron chi connectivity index (χ4n) is 2.22. The average Bonchev–Trinajstić information content (AvgIpc) is 3.22. The van der Waals surface area contributed by atoms with E-state index in [1.54, 1.807) is 7.11 Å². The predicted molar refractivity (Wildman–Crippen MR) is 75.1 cm³/mol. The van der Waals surface area contributed by atoms with Crippen molar-refractivity contribution in [2.45, 2.75) is 25.7 Å². The highest BCUT2D eigenvalue weighted by Gasteiger charge is 2.26. The summed E-state index contributed by atoms with van der Waals surface area (Å²) < 4.78 is 5.27. The molecule has 98 valence electrons. The maximum Gasteiger partial charge on any atom is 0.161 e. The smallest absolute Gasteiger partial charge is 0.161 e. The van der Waals surface area contributed by atoms with Crippen LogP contribution in [-0.4, -0.2) is 17.1 Å². The number of nitrogen functional groups attached to an aromatic ring is 1. The van der Waals surface area contributed by atoms with Gasteiger partial charge >= 0.3 is 0 Å². The molecule has 0 aliphatic heterocycles. The molecule has 0 amide bonds. The number of aromatic nitrogens is 2. The highest BCUT2D eigenvalue weighted by molar-refractivity contribution is 5.60. The Morgan fingerprint density at radius 3 is 2.63 bits per heavy atom. The Kier molecular flexibility index (Phi) is 2.85. The Morgan fingerprint density at radius 1 is 1.21 bits per heavy atom. The van der Waals surface area contributed by atoms with Gasteiger partial charge in [0.15, 0.2) is 5.82 Å². The molecule has 19 heavy (non-hydrogen) atoms. The zero-order valence-electron chi connectivity index (χ0n) is 11.2. The van der Waals surface area contributed by atoms with Crippen LogP contribution >= 0.6 is 0 Å². The maximum atomic E-state index is 5.88. The van der Waals surface area contributed by atoms with E-state index in [4.69, 9.17) is 10.5 Å². The molecule has 0 spiro atoms. The van der Waals surface area contributed by atoms with Crippen LogP contribution in [-0.2, 0) is 0 Å². The van der Waals surface area contributed by atoms with E-state index in [0.29, 0.717) is 17.6 Å². The topological polar surface area (TPSA) is 61.0 Å². The zero-order valence-corrected chi connectivity index (χ0v) is 11.2. The predicted octanol–water partition coefficient (Wildman–Crippen LogP) is 2.92. The number of rotatable bonds is 3. The second-order valence-corrected chi connectivity index (χ2v) is 5.00. The quantitative estimate of drug-likeness (QED) is 0.916. The van der Waals surface area contributed by atoms with Crippen LogP contribution in [0.3, 0.4) is 0 Å². The van der Waals surface area contributed by atoms with Crippen molar-refractivity contribution >= 4 is 5.82 Å². The summed E-state index contributed by atoms with van der Waals surface area (Å²) in [4.78, 5) is 8.97. The van der Waals surface area contributed by atoms with Crippen molar-refractivity contribution in [1.82, 2.24) is 9.97 Å². The van der Waals surface area contributed by atoms with Gasteiger partial charge in [0.25, 0.3) is 0 Å². The van der Waals surface area contributed by atoms with Gasteiger partial charge in [-0.25, -0.2) is 9.97 Å². The van der Waals surface area contributed by atoms with Crippen LogP contribution < -0.4 is 10.5 Å². The van der Waals surface area contributed by atoms with Gasteiger partial charge in [-0.15, -0.1) is 0 Å². The van der Waals surface area contributed by atoms with Crippen LogP contribution in [0.5, 0.6) is 5.75 Å². The monoisotopic (exact) mass is 255 g/mol. The van der Waals surface area contributed by atoms with Crippen LogP contribution in [0.15, 0.2) is 24.3 Å². The van der Waals surface area contributed by atoms with Crippen molar-refractivity contribution in [2.24, 2.45) is 0 Å². The van der Waals surface area contributed by atoms with Gasteiger partial charge in [0.2, 0.25) is 0 Å². The number of benzene rings is 1. The summed E-state index contributed by atoms with van der Waals surface area (Å²) in [6, 6.07) is 7.83. The molecule has 0 bridgehead atoms. The van der Waals surface area contributed by atoms with Crippen LogP contribution in [0.1, 0.15) is 30.0 Å². The molecular formula is C15H17N3O. The van der Waals surface area contributed by atoms with Crippen molar-refractivity contribution in [3.63, 3.8) is 0 Å². The van der Waals surface area contributed by atoms with Crippen molar-refractivity contribution in [2.75, 3.05) is 12.8 Å². The first-order chi connectivity index (χ1) is 9.17. The van der Waals surface area contributed by atoms with Gasteiger partial charge in [0.05, 0.1) is 7.11 Å². The maximum absolute atomic E-state index is 5.88. The first-order valence-electron chi connectivity index (χ1n) is 6.47. The van der Waals surface area contributed by atoms with Gasteiger partial charge in [-0.1, -0.05) is 0 Å². The minimum absolute atomic E-state index is 0.542. The van der Waals surface area contributed by atoms with E-state index in [1.807, 2.05) is 31.2 Å². The van der Waals surface area contributed by atoms with E-state index in [2.05, 4.69) is 9.97 Å². The Labute approximate surface area is 112 Å². The molecule has 1 saturated carbocycles. The number of hydrogen-bond donors (Lipinski definition) is 1. The van der Waals surface area contributed by atoms with Crippen molar-refractivity contribution in [3.05, 3.63) is 35.5 Å². The molecule has 1 aromatic heterocycles. The molecule has 1 fully saturated rings. The number of anilines is 1. The molecule has 1 aliphatic rings. The fourth-order valence-corrected chi connectivity index (χ4v) is 2.22. The molecule has 4 nitrogen and oxygen atoms in total. The van der Waals surface area contributed by atoms with Crippen molar-refractivity contribution in [1.29, 1.82) is 0 Å². The number of hydrogen-bond acceptors (Lipinski definition) is 4. The van der Waals surface area contributed by atoms with Crippen molar-refractivity contribution < 1.29 is 4.74 Å². The lowest BCUT2D eigenvalue weighted by molar-refractivity contribution is 0.412. The molecule has 4 heteroatoms. The SMILES string of the molecule is COc1ccc(-c2nc(N)cc(C3CC3)n2)cc1C. The number of methoxy groups -OCH3 is 1. The molecule has 0 unspecified atom stereocenters. The van der Waals surface area contributed by atoms with E-state index < -0.39 is 0 Å². The Balaban J connectivity index is 2.03. The van der Waals surface area contributed by atoms with E-state index in [9.17, 15) is 0 Å². The van der Waals surface area contributed by atoms with Gasteiger partial charge < -0.3 is 10.5 Å². The summed E-state index contributed by atoms with van der Waals surface area (Å²) in [6.07, 6.45) is 2.41. The van der Waals surface area contributed by atoms with Crippen LogP contribution in [0.25, 0.3) is 11.4 Å². The van der Waals surface area contributed by atoms with Crippen LogP contribution in [0.4, 0.5) is 5.82 Å². The van der Waals surface area contributed by atoms with E-state index in [-0.39, 0.29) is 0 Å². The zero-order chi connectivity index (χ0) is 13.4. The van der Waals surface area contributed by atoms with E-state index in [0.717, 1.165) is 22.6 Å². The molecule has 1 heterocycles. The number of nitrogens with two attached hydrogens (primary N) is 1. The molecule has 1 aromatic carbocycles. The van der Waals surface area contributed by atoms with Crippen molar-refractivity contribution in [3.8, 4) is 17.1 Å². The lowest BCUT2D eigenvalue weighted by Crippen LogP contribution is -2.00. The second-order valence-electron chi connectivity index (χ2n) is 5.00. The summed E-state index contributed by atoms with van der Waals surface area (Å²) in [7, 11) is 1.67. The Bertz CT molecular complexity index is 621. The minimum atomic E-state index is 0.542. The molecule has 3 rings (SSSR count). The number of ether oxygens (including phenoxy) is 1. The largest absolute Gasteiger partial charge is 0.496 e. The molecular weight excluding hydrogens is 238 g/mol. The van der Waals surface area contributed by atoms with E-state index >= 15 is 0 Å². The van der Waals surface area contributed by atoms with Crippen LogP contribution in [0, 0.1) is 6.92 Å². The molecule has 0 radical (unpaired) electrons. The van der Waals surface area contributed by atoms with Gasteiger partial charge in [-0.2, -0.15) is 0 Å². The number of aryl methyl sites for hydroxylation is 1. The Hall–Kier alpha value is -2.10. The summed E-state index contributed by atoms with van der Waals surface area (Å²) in [5.74, 6) is 2.69. The molecule has 0 atom stereocenters. The normalized spacial score (nSPS) is 14.4. The third-order valence-corrected chi connectivity index (χ3v) is 3.41. The first kappa shape index (κ1) is 12.0. The summed E-state index contributed by atoms with van der Waals surface area (Å²) in [5, 5.41) is 0. The van der Waals surface area contributed by atoms with Gasteiger partial charge in [-0.3, -0.25) is 0 Å². The lowest BCUT2D eigenvalue weighted by Gasteiger charge is -2.08. The van der Waals surface area contributed by atoms with Gasteiger partial charge in [0.1, 0.15) is 11.6 Å². The summed E-state index contributed by atoms with van der Waals surface area (Å²) >= 11 is 0. The van der Waals surface area contributed by atoms with Crippen LogP contribution in [0.2, 0.25) is 0 Å². The second kappa shape index (κ2) is 4.53. The Morgan fingerprint density at radius 2 is 2.00 bits per heavy atom. The molecule has 1 aliphatic carbocycles. The third-order valence-electron chi connectivity index (χ3n) is 3.41. The highest BCUT2D eigenvalue weighted by Crippen LogP contribution is 2.40. The highest BCUT2D eigenvalue weighted by atomic mass is 16.5. The molecule has 2 N–H and O–H groups in total. The third kappa shape index (κ3) is 2.38. The minimum Gasteiger partial charge on any atom is -0.496 e. The molecule has 0 saturated heterocycles. The average molecular weight is 255 g/mol. The van der Waals surface area contributed by atoms with E-state index in [1.165, 1.54) is 12.8 Å². The van der Waals surface area contributed by atoms with Gasteiger partial charge in [-0.05, 0) is 43.5 Å².